The number of rotatable bonds is 4. The molecule has 0 heterocycles. The van der Waals surface area contributed by atoms with Gasteiger partial charge >= 0.3 is 7.12 Å². The molecule has 0 rings (SSSR count). The topological polar surface area (TPSA) is 57.5 Å². The third-order valence-corrected chi connectivity index (χ3v) is 1.47. The SMILES string of the molecule is C/C=C(C=O)\C(=C/CC)B(O)O. The zero-order valence-corrected chi connectivity index (χ0v) is 7.32. The van der Waals surface area contributed by atoms with Crippen molar-refractivity contribution >= 4 is 13.4 Å². The molecule has 3 nitrogen and oxygen atoms in total. The summed E-state index contributed by atoms with van der Waals surface area (Å²) in [5.41, 5.74) is 0.599. The molecule has 0 fully saturated rings. The average molecular weight is 168 g/mol. The van der Waals surface area contributed by atoms with Crippen LogP contribution in [0.5, 0.6) is 0 Å². The van der Waals surface area contributed by atoms with E-state index in [1.165, 1.54) is 0 Å². The van der Waals surface area contributed by atoms with Crippen LogP contribution in [0, 0.1) is 0 Å². The van der Waals surface area contributed by atoms with Crippen molar-refractivity contribution < 1.29 is 14.8 Å². The highest BCUT2D eigenvalue weighted by Crippen LogP contribution is 2.09. The molecule has 66 valence electrons. The highest BCUT2D eigenvalue weighted by atomic mass is 16.4. The lowest BCUT2D eigenvalue weighted by atomic mass is 9.74. The summed E-state index contributed by atoms with van der Waals surface area (Å²) in [5, 5.41) is 17.7. The molecule has 0 aliphatic carbocycles. The Labute approximate surface area is 72.6 Å². The van der Waals surface area contributed by atoms with E-state index in [0.717, 1.165) is 0 Å². The van der Waals surface area contributed by atoms with Gasteiger partial charge in [0.05, 0.1) is 0 Å². The Hall–Kier alpha value is -0.865. The highest BCUT2D eigenvalue weighted by molar-refractivity contribution is 6.53. The van der Waals surface area contributed by atoms with Crippen LogP contribution in [0.15, 0.2) is 23.2 Å². The second kappa shape index (κ2) is 5.74. The lowest BCUT2D eigenvalue weighted by Crippen LogP contribution is -2.17. The minimum atomic E-state index is -1.57. The van der Waals surface area contributed by atoms with E-state index in [1.54, 1.807) is 19.1 Å². The molecule has 0 bridgehead atoms. The van der Waals surface area contributed by atoms with Crippen molar-refractivity contribution in [1.29, 1.82) is 0 Å². The largest absolute Gasteiger partial charge is 0.488 e. The van der Waals surface area contributed by atoms with Crippen LogP contribution in [-0.2, 0) is 4.79 Å². The van der Waals surface area contributed by atoms with Gasteiger partial charge in [-0.25, -0.2) is 0 Å². The van der Waals surface area contributed by atoms with Crippen LogP contribution in [0.2, 0.25) is 0 Å². The molecular weight excluding hydrogens is 155 g/mol. The minimum Gasteiger partial charge on any atom is -0.423 e. The monoisotopic (exact) mass is 168 g/mol. The molecule has 0 aromatic rings. The van der Waals surface area contributed by atoms with Gasteiger partial charge in [-0.1, -0.05) is 19.1 Å². The first kappa shape index (κ1) is 11.1. The summed E-state index contributed by atoms with van der Waals surface area (Å²) < 4.78 is 0. The molecular formula is C8H13BO3. The van der Waals surface area contributed by atoms with E-state index < -0.39 is 7.12 Å². The Bertz CT molecular complexity index is 206. The predicted octanol–water partition coefficient (Wildman–Crippen LogP) is 0.480. The number of allylic oxidation sites excluding steroid dienone is 4. The first-order valence-corrected chi connectivity index (χ1v) is 3.85. The lowest BCUT2D eigenvalue weighted by molar-refractivity contribution is -0.104. The fourth-order valence-electron chi connectivity index (χ4n) is 0.895. The number of carbonyl (C=O) groups excluding carboxylic acids is 1. The van der Waals surface area contributed by atoms with Gasteiger partial charge in [0.25, 0.3) is 0 Å². The summed E-state index contributed by atoms with van der Waals surface area (Å²) in [6.07, 6.45) is 4.45. The normalized spacial score (nSPS) is 13.0. The smallest absolute Gasteiger partial charge is 0.423 e. The van der Waals surface area contributed by atoms with Crippen LogP contribution in [-0.4, -0.2) is 23.5 Å². The van der Waals surface area contributed by atoms with E-state index in [0.29, 0.717) is 18.3 Å². The molecule has 0 saturated carbocycles. The Morgan fingerprint density at radius 3 is 2.33 bits per heavy atom. The van der Waals surface area contributed by atoms with Gasteiger partial charge < -0.3 is 10.0 Å². The first-order chi connectivity index (χ1) is 5.67. The molecule has 0 amide bonds. The molecule has 4 heteroatoms. The van der Waals surface area contributed by atoms with Crippen LogP contribution >= 0.6 is 0 Å². The lowest BCUT2D eigenvalue weighted by Gasteiger charge is -2.03. The zero-order chi connectivity index (χ0) is 9.56. The van der Waals surface area contributed by atoms with E-state index in [-0.39, 0.29) is 5.47 Å². The fourth-order valence-corrected chi connectivity index (χ4v) is 0.895. The Kier molecular flexibility index (Phi) is 5.33. The van der Waals surface area contributed by atoms with Crippen LogP contribution in [0.4, 0.5) is 0 Å². The van der Waals surface area contributed by atoms with Crippen molar-refractivity contribution in [1.82, 2.24) is 0 Å². The molecule has 2 N–H and O–H groups in total. The van der Waals surface area contributed by atoms with E-state index in [1.807, 2.05) is 6.92 Å². The summed E-state index contributed by atoms with van der Waals surface area (Å²) in [6, 6.07) is 0. The van der Waals surface area contributed by atoms with Gasteiger partial charge in [0.2, 0.25) is 0 Å². The van der Waals surface area contributed by atoms with Crippen LogP contribution < -0.4 is 0 Å². The maximum Gasteiger partial charge on any atom is 0.488 e. The maximum absolute atomic E-state index is 10.4. The van der Waals surface area contributed by atoms with Gasteiger partial charge in [-0.15, -0.1) is 0 Å². The van der Waals surface area contributed by atoms with Gasteiger partial charge in [-0.05, 0) is 18.8 Å². The molecule has 0 spiro atoms. The van der Waals surface area contributed by atoms with Crippen molar-refractivity contribution in [2.24, 2.45) is 0 Å². The summed E-state index contributed by atoms with van der Waals surface area (Å²) in [7, 11) is -1.57. The molecule has 0 aromatic heterocycles. The number of hydrogen-bond donors (Lipinski definition) is 2. The molecule has 0 atom stereocenters. The molecule has 0 aliphatic rings. The average Bonchev–Trinajstić information content (AvgIpc) is 2.05. The fraction of sp³-hybridized carbons (Fsp3) is 0.375. The summed E-state index contributed by atoms with van der Waals surface area (Å²) in [4.78, 5) is 10.4. The van der Waals surface area contributed by atoms with Crippen LogP contribution in [0.1, 0.15) is 20.3 Å². The van der Waals surface area contributed by atoms with E-state index in [2.05, 4.69) is 0 Å². The van der Waals surface area contributed by atoms with E-state index >= 15 is 0 Å². The Morgan fingerprint density at radius 2 is 2.08 bits per heavy atom. The van der Waals surface area contributed by atoms with Crippen molar-refractivity contribution in [3.05, 3.63) is 23.2 Å². The molecule has 12 heavy (non-hydrogen) atoms. The molecule has 0 saturated heterocycles. The number of aldehydes is 1. The quantitative estimate of drug-likeness (QED) is 0.278. The van der Waals surface area contributed by atoms with Gasteiger partial charge in [0, 0.05) is 5.57 Å². The van der Waals surface area contributed by atoms with Gasteiger partial charge in [0.15, 0.2) is 0 Å². The van der Waals surface area contributed by atoms with E-state index in [9.17, 15) is 4.79 Å². The maximum atomic E-state index is 10.4. The third-order valence-electron chi connectivity index (χ3n) is 1.47. The Morgan fingerprint density at radius 1 is 1.50 bits per heavy atom. The van der Waals surface area contributed by atoms with Crippen molar-refractivity contribution in [3.8, 4) is 0 Å². The number of hydrogen-bond acceptors (Lipinski definition) is 3. The summed E-state index contributed by atoms with van der Waals surface area (Å²) >= 11 is 0. The summed E-state index contributed by atoms with van der Waals surface area (Å²) in [6.45, 7) is 3.54. The van der Waals surface area contributed by atoms with E-state index in [4.69, 9.17) is 10.0 Å². The van der Waals surface area contributed by atoms with Crippen molar-refractivity contribution in [2.75, 3.05) is 0 Å². The van der Waals surface area contributed by atoms with Crippen molar-refractivity contribution in [3.63, 3.8) is 0 Å². The standard InChI is InChI=1S/C8H13BO3/c1-3-5-8(9(11)12)7(4-2)6-10/h4-6,11-12H,3H2,1-2H3/b7-4-,8-5+. The predicted molar refractivity (Wildman–Crippen MR) is 48.4 cm³/mol. The summed E-state index contributed by atoms with van der Waals surface area (Å²) in [5.74, 6) is 0. The second-order valence-electron chi connectivity index (χ2n) is 2.30. The highest BCUT2D eigenvalue weighted by Gasteiger charge is 2.17. The minimum absolute atomic E-state index is 0.273. The molecule has 0 radical (unpaired) electrons. The molecule has 0 unspecified atom stereocenters. The number of carbonyl (C=O) groups is 1. The van der Waals surface area contributed by atoms with Crippen LogP contribution in [0.25, 0.3) is 0 Å². The first-order valence-electron chi connectivity index (χ1n) is 3.85. The molecule has 0 aliphatic heterocycles. The second-order valence-corrected chi connectivity index (χ2v) is 2.30. The van der Waals surface area contributed by atoms with Gasteiger partial charge in [0.1, 0.15) is 6.29 Å². The van der Waals surface area contributed by atoms with Crippen LogP contribution in [0.3, 0.4) is 0 Å². The molecule has 0 aromatic carbocycles. The zero-order valence-electron chi connectivity index (χ0n) is 7.32. The van der Waals surface area contributed by atoms with Gasteiger partial charge in [-0.2, -0.15) is 0 Å². The van der Waals surface area contributed by atoms with Gasteiger partial charge in [-0.3, -0.25) is 4.79 Å². The van der Waals surface area contributed by atoms with Crippen molar-refractivity contribution in [2.45, 2.75) is 20.3 Å². The third kappa shape index (κ3) is 3.03. The Balaban J connectivity index is 4.73.